The third-order valence-electron chi connectivity index (χ3n) is 2.96. The van der Waals surface area contributed by atoms with Gasteiger partial charge in [0.1, 0.15) is 0 Å². The Kier molecular flexibility index (Phi) is 5.78. The van der Waals surface area contributed by atoms with Gasteiger partial charge < -0.3 is 15.4 Å². The van der Waals surface area contributed by atoms with Crippen LogP contribution in [0.2, 0.25) is 0 Å². The minimum Gasteiger partial charge on any atom is -0.383 e. The molecule has 1 aromatic carbocycles. The predicted molar refractivity (Wildman–Crippen MR) is 80.9 cm³/mol. The van der Waals surface area contributed by atoms with E-state index in [1.165, 1.54) is 0 Å². The number of benzene rings is 1. The first-order valence-electron chi connectivity index (χ1n) is 6.88. The molecule has 0 saturated carbocycles. The second-order valence-corrected chi connectivity index (χ2v) is 4.53. The quantitative estimate of drug-likeness (QED) is 0.759. The van der Waals surface area contributed by atoms with Crippen molar-refractivity contribution in [3.63, 3.8) is 0 Å². The molecule has 112 valence electrons. The molecule has 0 bridgehead atoms. The number of methoxy groups -OCH3 is 1. The molecular formula is C15H20N4O2. The van der Waals surface area contributed by atoms with Gasteiger partial charge in [0.25, 0.3) is 0 Å². The van der Waals surface area contributed by atoms with Gasteiger partial charge >= 0.3 is 6.03 Å². The smallest absolute Gasteiger partial charge is 0.314 e. The van der Waals surface area contributed by atoms with Crippen molar-refractivity contribution < 1.29 is 9.53 Å². The first-order chi connectivity index (χ1) is 10.3. The SMILES string of the molecule is COCCNC(=O)NCCn1cc(-c2ccccc2)cn1. The molecule has 2 rings (SSSR count). The van der Waals surface area contributed by atoms with Crippen molar-refractivity contribution in [2.24, 2.45) is 0 Å². The van der Waals surface area contributed by atoms with Crippen molar-refractivity contribution in [1.82, 2.24) is 20.4 Å². The minimum atomic E-state index is -0.192. The first-order valence-corrected chi connectivity index (χ1v) is 6.88. The first kappa shape index (κ1) is 15.1. The van der Waals surface area contributed by atoms with E-state index in [0.717, 1.165) is 11.1 Å². The van der Waals surface area contributed by atoms with Crippen LogP contribution < -0.4 is 10.6 Å². The van der Waals surface area contributed by atoms with Gasteiger partial charge in [0.05, 0.1) is 19.3 Å². The van der Waals surface area contributed by atoms with E-state index < -0.39 is 0 Å². The predicted octanol–water partition coefficient (Wildman–Crippen LogP) is 1.50. The average Bonchev–Trinajstić information content (AvgIpc) is 2.97. The Morgan fingerprint density at radius 3 is 2.71 bits per heavy atom. The molecule has 0 aliphatic heterocycles. The highest BCUT2D eigenvalue weighted by atomic mass is 16.5. The second-order valence-electron chi connectivity index (χ2n) is 4.53. The van der Waals surface area contributed by atoms with E-state index in [-0.39, 0.29) is 6.03 Å². The van der Waals surface area contributed by atoms with Crippen molar-refractivity contribution >= 4 is 6.03 Å². The Morgan fingerprint density at radius 2 is 1.95 bits per heavy atom. The number of urea groups is 1. The van der Waals surface area contributed by atoms with Crippen LogP contribution in [0.1, 0.15) is 0 Å². The molecule has 6 nitrogen and oxygen atoms in total. The van der Waals surface area contributed by atoms with Crippen LogP contribution in [-0.2, 0) is 11.3 Å². The number of hydrogen-bond donors (Lipinski definition) is 2. The van der Waals surface area contributed by atoms with Gasteiger partial charge in [-0.2, -0.15) is 5.10 Å². The van der Waals surface area contributed by atoms with E-state index >= 15 is 0 Å². The fraction of sp³-hybridized carbons (Fsp3) is 0.333. The summed E-state index contributed by atoms with van der Waals surface area (Å²) in [6, 6.07) is 9.88. The zero-order valence-corrected chi connectivity index (χ0v) is 12.1. The van der Waals surface area contributed by atoms with Crippen molar-refractivity contribution in [3.8, 4) is 11.1 Å². The number of carbonyl (C=O) groups is 1. The van der Waals surface area contributed by atoms with E-state index in [9.17, 15) is 4.79 Å². The summed E-state index contributed by atoms with van der Waals surface area (Å²) in [7, 11) is 1.60. The van der Waals surface area contributed by atoms with Gasteiger partial charge in [-0.1, -0.05) is 30.3 Å². The summed E-state index contributed by atoms with van der Waals surface area (Å²) in [6.45, 7) is 2.16. The third kappa shape index (κ3) is 4.92. The van der Waals surface area contributed by atoms with E-state index in [1.54, 1.807) is 7.11 Å². The maximum atomic E-state index is 11.4. The largest absolute Gasteiger partial charge is 0.383 e. The highest BCUT2D eigenvalue weighted by Crippen LogP contribution is 2.17. The Morgan fingerprint density at radius 1 is 1.19 bits per heavy atom. The number of hydrogen-bond acceptors (Lipinski definition) is 3. The zero-order valence-electron chi connectivity index (χ0n) is 12.1. The molecule has 6 heteroatoms. The highest BCUT2D eigenvalue weighted by Gasteiger charge is 2.02. The van der Waals surface area contributed by atoms with Crippen molar-refractivity contribution in [1.29, 1.82) is 0 Å². The topological polar surface area (TPSA) is 68.2 Å². The molecule has 0 spiro atoms. The number of nitrogens with zero attached hydrogens (tertiary/aromatic N) is 2. The molecule has 0 saturated heterocycles. The van der Waals surface area contributed by atoms with Gasteiger partial charge in [-0.3, -0.25) is 4.68 Å². The molecule has 0 unspecified atom stereocenters. The lowest BCUT2D eigenvalue weighted by molar-refractivity contribution is 0.196. The van der Waals surface area contributed by atoms with Crippen LogP contribution in [0.15, 0.2) is 42.7 Å². The van der Waals surface area contributed by atoms with E-state index in [4.69, 9.17) is 4.74 Å². The maximum absolute atomic E-state index is 11.4. The van der Waals surface area contributed by atoms with Gasteiger partial charge in [0.2, 0.25) is 0 Å². The molecule has 0 fully saturated rings. The molecule has 0 radical (unpaired) electrons. The molecule has 0 aliphatic carbocycles. The maximum Gasteiger partial charge on any atom is 0.314 e. The van der Waals surface area contributed by atoms with Crippen molar-refractivity contribution in [2.75, 3.05) is 26.8 Å². The van der Waals surface area contributed by atoms with Crippen LogP contribution in [0, 0.1) is 0 Å². The number of carbonyl (C=O) groups excluding carboxylic acids is 1. The van der Waals surface area contributed by atoms with Gasteiger partial charge in [-0.15, -0.1) is 0 Å². The van der Waals surface area contributed by atoms with E-state index in [2.05, 4.69) is 15.7 Å². The van der Waals surface area contributed by atoms with Crippen LogP contribution in [0.3, 0.4) is 0 Å². The molecule has 1 heterocycles. The summed E-state index contributed by atoms with van der Waals surface area (Å²) in [5.74, 6) is 0. The summed E-state index contributed by atoms with van der Waals surface area (Å²) >= 11 is 0. The fourth-order valence-corrected chi connectivity index (χ4v) is 1.88. The van der Waals surface area contributed by atoms with E-state index in [0.29, 0.717) is 26.2 Å². The van der Waals surface area contributed by atoms with E-state index in [1.807, 2.05) is 47.4 Å². The third-order valence-corrected chi connectivity index (χ3v) is 2.96. The highest BCUT2D eigenvalue weighted by molar-refractivity contribution is 5.73. The summed E-state index contributed by atoms with van der Waals surface area (Å²) in [4.78, 5) is 11.4. The summed E-state index contributed by atoms with van der Waals surface area (Å²) in [5, 5.41) is 9.76. The number of amides is 2. The normalized spacial score (nSPS) is 10.3. The number of nitrogens with one attached hydrogen (secondary N) is 2. The number of aromatic nitrogens is 2. The molecule has 0 aliphatic rings. The van der Waals surface area contributed by atoms with Gasteiger partial charge in [0.15, 0.2) is 0 Å². The molecule has 0 atom stereocenters. The summed E-state index contributed by atoms with van der Waals surface area (Å²) in [6.07, 6.45) is 3.80. The summed E-state index contributed by atoms with van der Waals surface area (Å²) < 4.78 is 6.67. The van der Waals surface area contributed by atoms with Crippen LogP contribution >= 0.6 is 0 Å². The average molecular weight is 288 g/mol. The summed E-state index contributed by atoms with van der Waals surface area (Å²) in [5.41, 5.74) is 2.20. The van der Waals surface area contributed by atoms with Crippen LogP contribution in [-0.4, -0.2) is 42.6 Å². The molecule has 21 heavy (non-hydrogen) atoms. The van der Waals surface area contributed by atoms with Gasteiger partial charge in [0, 0.05) is 32.0 Å². The monoisotopic (exact) mass is 288 g/mol. The molecule has 1 aromatic heterocycles. The van der Waals surface area contributed by atoms with Crippen molar-refractivity contribution in [3.05, 3.63) is 42.7 Å². The lowest BCUT2D eigenvalue weighted by atomic mass is 10.1. The number of ether oxygens (including phenoxy) is 1. The van der Waals surface area contributed by atoms with Crippen LogP contribution in [0.5, 0.6) is 0 Å². The lowest BCUT2D eigenvalue weighted by Crippen LogP contribution is -2.38. The Hall–Kier alpha value is -2.34. The number of rotatable bonds is 7. The van der Waals surface area contributed by atoms with Crippen LogP contribution in [0.4, 0.5) is 4.79 Å². The van der Waals surface area contributed by atoms with Gasteiger partial charge in [-0.25, -0.2) is 4.79 Å². The van der Waals surface area contributed by atoms with Gasteiger partial charge in [-0.05, 0) is 5.56 Å². The molecule has 2 amide bonds. The minimum absolute atomic E-state index is 0.192. The van der Waals surface area contributed by atoms with Crippen molar-refractivity contribution in [2.45, 2.75) is 6.54 Å². The Balaban J connectivity index is 1.75. The Bertz CT molecular complexity index is 554. The lowest BCUT2D eigenvalue weighted by Gasteiger charge is -2.07. The Labute approximate surface area is 124 Å². The second kappa shape index (κ2) is 8.06. The molecule has 2 aromatic rings. The molecular weight excluding hydrogens is 268 g/mol. The fourth-order valence-electron chi connectivity index (χ4n) is 1.88. The van der Waals surface area contributed by atoms with Crippen LogP contribution in [0.25, 0.3) is 11.1 Å². The molecule has 2 N–H and O–H groups in total. The zero-order chi connectivity index (χ0) is 14.9. The standard InChI is InChI=1S/C15H20N4O2/c1-21-10-8-17-15(20)16-7-9-19-12-14(11-18-19)13-5-3-2-4-6-13/h2-6,11-12H,7-10H2,1H3,(H2,16,17,20).